The van der Waals surface area contributed by atoms with E-state index in [0.717, 1.165) is 30.1 Å². The van der Waals surface area contributed by atoms with Crippen molar-refractivity contribution in [3.8, 4) is 0 Å². The van der Waals surface area contributed by atoms with Crippen molar-refractivity contribution in [2.24, 2.45) is 0 Å². The fourth-order valence-electron chi connectivity index (χ4n) is 1.72. The minimum atomic E-state index is 0.0561. The molecular weight excluding hydrogens is 262 g/mol. The highest BCUT2D eigenvalue weighted by Crippen LogP contribution is 2.10. The molecule has 0 aliphatic carbocycles. The van der Waals surface area contributed by atoms with Gasteiger partial charge in [0, 0.05) is 24.7 Å². The Morgan fingerprint density at radius 1 is 1.37 bits per heavy atom. The molecule has 19 heavy (non-hydrogen) atoms. The molecule has 0 saturated carbocycles. The summed E-state index contributed by atoms with van der Waals surface area (Å²) >= 11 is 5.90. The molecule has 0 atom stereocenters. The number of benzene rings is 1. The fraction of sp³-hybridized carbons (Fsp3) is 0.500. The van der Waals surface area contributed by atoms with Crippen LogP contribution in [0.4, 0.5) is 0 Å². The second-order valence-electron chi connectivity index (χ2n) is 4.57. The maximum absolute atomic E-state index is 11.7. The Hall–Kier alpha value is -1.10. The maximum Gasteiger partial charge on any atom is 0.234 e. The van der Waals surface area contributed by atoms with Gasteiger partial charge in [0.15, 0.2) is 0 Å². The third-order valence-corrected chi connectivity index (χ3v) is 3.02. The smallest absolute Gasteiger partial charge is 0.234 e. The molecule has 0 saturated heterocycles. The summed E-state index contributed by atoms with van der Waals surface area (Å²) in [5, 5.41) is 6.70. The zero-order chi connectivity index (χ0) is 14.1. The molecule has 0 aliphatic heterocycles. The number of hydrogen-bond acceptors (Lipinski definition) is 3. The van der Waals surface area contributed by atoms with Gasteiger partial charge in [0.2, 0.25) is 5.91 Å². The first-order valence-corrected chi connectivity index (χ1v) is 6.84. The molecule has 0 heterocycles. The molecule has 4 nitrogen and oxygen atoms in total. The SMILES string of the molecule is CNCCN(C)CC(=O)NCCc1cccc(Cl)c1. The third kappa shape index (κ3) is 7.15. The lowest BCUT2D eigenvalue weighted by molar-refractivity contribution is -0.121. The van der Waals surface area contributed by atoms with Crippen molar-refractivity contribution in [1.29, 1.82) is 0 Å². The molecule has 1 amide bonds. The molecule has 0 bridgehead atoms. The van der Waals surface area contributed by atoms with Crippen LogP contribution in [0.15, 0.2) is 24.3 Å². The van der Waals surface area contributed by atoms with Gasteiger partial charge in [-0.15, -0.1) is 0 Å². The summed E-state index contributed by atoms with van der Waals surface area (Å²) < 4.78 is 0. The van der Waals surface area contributed by atoms with Crippen molar-refractivity contribution in [2.45, 2.75) is 6.42 Å². The quantitative estimate of drug-likeness (QED) is 0.752. The zero-order valence-electron chi connectivity index (χ0n) is 11.6. The van der Waals surface area contributed by atoms with Crippen LogP contribution in [0.1, 0.15) is 5.56 Å². The lowest BCUT2D eigenvalue weighted by Gasteiger charge is -2.15. The van der Waals surface area contributed by atoms with E-state index in [4.69, 9.17) is 11.6 Å². The molecule has 106 valence electrons. The molecule has 1 aromatic rings. The van der Waals surface area contributed by atoms with E-state index < -0.39 is 0 Å². The van der Waals surface area contributed by atoms with Gasteiger partial charge < -0.3 is 10.6 Å². The van der Waals surface area contributed by atoms with E-state index in [1.807, 2.05) is 43.3 Å². The van der Waals surface area contributed by atoms with Crippen LogP contribution in [0.2, 0.25) is 5.02 Å². The van der Waals surface area contributed by atoms with Gasteiger partial charge in [0.05, 0.1) is 6.54 Å². The summed E-state index contributed by atoms with van der Waals surface area (Å²) in [5.74, 6) is 0.0561. The molecular formula is C14H22ClN3O. The minimum Gasteiger partial charge on any atom is -0.355 e. The summed E-state index contributed by atoms with van der Waals surface area (Å²) in [6.07, 6.45) is 0.798. The van der Waals surface area contributed by atoms with E-state index in [9.17, 15) is 4.79 Å². The van der Waals surface area contributed by atoms with Gasteiger partial charge in [-0.05, 0) is 38.2 Å². The normalized spacial score (nSPS) is 10.7. The predicted molar refractivity (Wildman–Crippen MR) is 79.6 cm³/mol. The summed E-state index contributed by atoms with van der Waals surface area (Å²) in [5.41, 5.74) is 1.14. The highest BCUT2D eigenvalue weighted by atomic mass is 35.5. The number of hydrogen-bond donors (Lipinski definition) is 2. The predicted octanol–water partition coefficient (Wildman–Crippen LogP) is 1.15. The van der Waals surface area contributed by atoms with E-state index >= 15 is 0 Å². The summed E-state index contributed by atoms with van der Waals surface area (Å²) in [6.45, 7) is 2.81. The number of likely N-dealkylation sites (N-methyl/N-ethyl adjacent to an activating group) is 2. The Morgan fingerprint density at radius 3 is 2.84 bits per heavy atom. The Morgan fingerprint density at radius 2 is 2.16 bits per heavy atom. The monoisotopic (exact) mass is 283 g/mol. The average Bonchev–Trinajstić information content (AvgIpc) is 2.36. The van der Waals surface area contributed by atoms with Crippen LogP contribution >= 0.6 is 11.6 Å². The van der Waals surface area contributed by atoms with Crippen molar-refractivity contribution in [2.75, 3.05) is 40.3 Å². The Balaban J connectivity index is 2.20. The highest BCUT2D eigenvalue weighted by Gasteiger charge is 2.05. The molecule has 0 radical (unpaired) electrons. The number of halogens is 1. The number of amides is 1. The first kappa shape index (κ1) is 16.0. The maximum atomic E-state index is 11.7. The topological polar surface area (TPSA) is 44.4 Å². The summed E-state index contributed by atoms with van der Waals surface area (Å²) in [6, 6.07) is 7.70. The van der Waals surface area contributed by atoms with E-state index in [1.165, 1.54) is 0 Å². The third-order valence-electron chi connectivity index (χ3n) is 2.78. The van der Waals surface area contributed by atoms with Crippen molar-refractivity contribution < 1.29 is 4.79 Å². The van der Waals surface area contributed by atoms with E-state index in [-0.39, 0.29) is 5.91 Å². The van der Waals surface area contributed by atoms with Crippen molar-refractivity contribution in [3.63, 3.8) is 0 Å². The Labute approximate surface area is 120 Å². The fourth-order valence-corrected chi connectivity index (χ4v) is 1.93. The lowest BCUT2D eigenvalue weighted by Crippen LogP contribution is -2.38. The van der Waals surface area contributed by atoms with Gasteiger partial charge in [0.1, 0.15) is 0 Å². The minimum absolute atomic E-state index is 0.0561. The zero-order valence-corrected chi connectivity index (χ0v) is 12.3. The van der Waals surface area contributed by atoms with Crippen LogP contribution in [0.25, 0.3) is 0 Å². The van der Waals surface area contributed by atoms with Crippen LogP contribution in [-0.2, 0) is 11.2 Å². The van der Waals surface area contributed by atoms with Crippen LogP contribution in [0, 0.1) is 0 Å². The average molecular weight is 284 g/mol. The van der Waals surface area contributed by atoms with Crippen molar-refractivity contribution >= 4 is 17.5 Å². The van der Waals surface area contributed by atoms with Crippen molar-refractivity contribution in [3.05, 3.63) is 34.9 Å². The molecule has 1 aromatic carbocycles. The van der Waals surface area contributed by atoms with E-state index in [0.29, 0.717) is 13.1 Å². The van der Waals surface area contributed by atoms with Gasteiger partial charge in [-0.2, -0.15) is 0 Å². The number of rotatable bonds is 8. The van der Waals surface area contributed by atoms with Gasteiger partial charge in [-0.1, -0.05) is 23.7 Å². The van der Waals surface area contributed by atoms with Gasteiger partial charge in [-0.3, -0.25) is 9.69 Å². The second-order valence-corrected chi connectivity index (χ2v) is 5.01. The molecule has 5 heteroatoms. The Bertz CT molecular complexity index is 398. The second kappa shape index (κ2) is 8.91. The molecule has 0 spiro atoms. The standard InChI is InChI=1S/C14H22ClN3O/c1-16-8-9-18(2)11-14(19)17-7-6-12-4-3-5-13(15)10-12/h3-5,10,16H,6-9,11H2,1-2H3,(H,17,19). The molecule has 0 aliphatic rings. The first-order valence-electron chi connectivity index (χ1n) is 6.46. The molecule has 2 N–H and O–H groups in total. The van der Waals surface area contributed by atoms with Crippen molar-refractivity contribution in [1.82, 2.24) is 15.5 Å². The van der Waals surface area contributed by atoms with Gasteiger partial charge in [0.25, 0.3) is 0 Å². The first-order chi connectivity index (χ1) is 9.11. The van der Waals surface area contributed by atoms with Gasteiger partial charge in [-0.25, -0.2) is 0 Å². The lowest BCUT2D eigenvalue weighted by atomic mass is 10.1. The summed E-state index contributed by atoms with van der Waals surface area (Å²) in [7, 11) is 3.84. The molecule has 0 fully saturated rings. The molecule has 0 unspecified atom stereocenters. The van der Waals surface area contributed by atoms with Crippen LogP contribution in [0.3, 0.4) is 0 Å². The van der Waals surface area contributed by atoms with Crippen LogP contribution < -0.4 is 10.6 Å². The van der Waals surface area contributed by atoms with Crippen LogP contribution in [-0.4, -0.2) is 51.1 Å². The summed E-state index contributed by atoms with van der Waals surface area (Å²) in [4.78, 5) is 13.7. The number of carbonyl (C=O) groups is 1. The van der Waals surface area contributed by atoms with Crippen LogP contribution in [0.5, 0.6) is 0 Å². The number of nitrogens with one attached hydrogen (secondary N) is 2. The molecule has 0 aromatic heterocycles. The van der Waals surface area contributed by atoms with Gasteiger partial charge >= 0.3 is 0 Å². The van der Waals surface area contributed by atoms with E-state index in [1.54, 1.807) is 0 Å². The largest absolute Gasteiger partial charge is 0.355 e. The number of nitrogens with zero attached hydrogens (tertiary/aromatic N) is 1. The number of carbonyl (C=O) groups excluding carboxylic acids is 1. The highest BCUT2D eigenvalue weighted by molar-refractivity contribution is 6.30. The Kier molecular flexibility index (Phi) is 7.48. The van der Waals surface area contributed by atoms with E-state index in [2.05, 4.69) is 10.6 Å². The molecule has 1 rings (SSSR count).